The Balaban J connectivity index is 1.57. The van der Waals surface area contributed by atoms with E-state index in [0.717, 1.165) is 40.7 Å². The van der Waals surface area contributed by atoms with E-state index >= 15 is 0 Å². The van der Waals surface area contributed by atoms with Crippen molar-refractivity contribution in [3.05, 3.63) is 64.2 Å². The molecule has 7 rings (SSSR count). The van der Waals surface area contributed by atoms with Crippen LogP contribution in [0.1, 0.15) is 98.8 Å². The summed E-state index contributed by atoms with van der Waals surface area (Å²) in [6.07, 6.45) is 2.16. The van der Waals surface area contributed by atoms with Crippen molar-refractivity contribution in [2.75, 3.05) is 0 Å². The Morgan fingerprint density at radius 1 is 0.611 bits per heavy atom. The van der Waals surface area contributed by atoms with E-state index in [9.17, 15) is 0 Å². The molecular formula is C33H37BO2. The molecule has 3 aromatic carbocycles. The predicted octanol–water partition coefficient (Wildman–Crippen LogP) is 6.64. The van der Waals surface area contributed by atoms with E-state index in [2.05, 4.69) is 79.7 Å². The third-order valence-electron chi connectivity index (χ3n) is 9.41. The van der Waals surface area contributed by atoms with Crippen molar-refractivity contribution in [2.45, 2.75) is 96.8 Å². The van der Waals surface area contributed by atoms with Gasteiger partial charge in [-0.2, -0.15) is 0 Å². The molecule has 0 saturated carbocycles. The van der Waals surface area contributed by atoms with Gasteiger partial charge in [-0.25, -0.2) is 0 Å². The SMILES string of the molecule is [2H]c1c(C)c([2H])c2c3c1Oc1cc4c(cc1B3c1cc3c(cc1O2)C(C)(C)CC3(C)C)C(C)(C)CC4(C)C. The third kappa shape index (κ3) is 2.81. The Hall–Kier alpha value is -2.68. The molecule has 2 nitrogen and oxygen atoms in total. The van der Waals surface area contributed by atoms with Gasteiger partial charge < -0.3 is 9.47 Å². The van der Waals surface area contributed by atoms with Crippen molar-refractivity contribution in [3.63, 3.8) is 0 Å². The summed E-state index contributed by atoms with van der Waals surface area (Å²) in [5, 5.41) is 0. The normalized spacial score (nSPS) is 22.8. The van der Waals surface area contributed by atoms with Crippen LogP contribution >= 0.6 is 0 Å². The summed E-state index contributed by atoms with van der Waals surface area (Å²) in [6, 6.07) is 9.84. The Morgan fingerprint density at radius 3 is 1.36 bits per heavy atom. The lowest BCUT2D eigenvalue weighted by molar-refractivity contribution is 0.402. The average Bonchev–Trinajstić information content (AvgIpc) is 3.12. The molecule has 0 saturated heterocycles. The molecule has 0 bridgehead atoms. The highest BCUT2D eigenvalue weighted by atomic mass is 16.5. The maximum absolute atomic E-state index is 8.96. The zero-order valence-electron chi connectivity index (χ0n) is 25.1. The van der Waals surface area contributed by atoms with Crippen molar-refractivity contribution < 1.29 is 12.2 Å². The van der Waals surface area contributed by atoms with E-state index in [-0.39, 0.29) is 28.4 Å². The van der Waals surface area contributed by atoms with Gasteiger partial charge in [0.1, 0.15) is 23.0 Å². The summed E-state index contributed by atoms with van der Waals surface area (Å²) in [5.41, 5.74) is 9.37. The highest BCUT2D eigenvalue weighted by molar-refractivity contribution is 6.98. The van der Waals surface area contributed by atoms with Crippen molar-refractivity contribution in [2.24, 2.45) is 0 Å². The first kappa shape index (κ1) is 20.4. The van der Waals surface area contributed by atoms with Gasteiger partial charge in [0.15, 0.2) is 0 Å². The summed E-state index contributed by atoms with van der Waals surface area (Å²) < 4.78 is 31.1. The molecular weight excluding hydrogens is 439 g/mol. The lowest BCUT2D eigenvalue weighted by Gasteiger charge is -2.35. The van der Waals surface area contributed by atoms with Crippen molar-refractivity contribution in [1.29, 1.82) is 0 Å². The van der Waals surface area contributed by atoms with E-state index in [1.165, 1.54) is 22.3 Å². The van der Waals surface area contributed by atoms with E-state index < -0.39 is 0 Å². The molecule has 3 aromatic rings. The van der Waals surface area contributed by atoms with Gasteiger partial charge in [-0.15, -0.1) is 0 Å². The zero-order valence-corrected chi connectivity index (χ0v) is 23.1. The molecule has 36 heavy (non-hydrogen) atoms. The number of fused-ring (bicyclic) bond motifs is 6. The van der Waals surface area contributed by atoms with Crippen LogP contribution in [0.25, 0.3) is 0 Å². The van der Waals surface area contributed by atoms with Crippen molar-refractivity contribution in [1.82, 2.24) is 0 Å². The van der Waals surface area contributed by atoms with E-state index in [1.807, 2.05) is 6.92 Å². The molecule has 2 heterocycles. The summed E-state index contributed by atoms with van der Waals surface area (Å²) in [5.74, 6) is 2.78. The number of hydrogen-bond donors (Lipinski definition) is 0. The molecule has 0 aromatic heterocycles. The average molecular weight is 478 g/mol. The van der Waals surface area contributed by atoms with Crippen LogP contribution in [0.4, 0.5) is 0 Å². The lowest BCUT2D eigenvalue weighted by atomic mass is 9.34. The first-order chi connectivity index (χ1) is 17.5. The first-order valence-electron chi connectivity index (χ1n) is 14.4. The van der Waals surface area contributed by atoms with Crippen molar-refractivity contribution in [3.8, 4) is 23.0 Å². The summed E-state index contributed by atoms with van der Waals surface area (Å²) in [6.45, 7) is 20.4. The fraction of sp³-hybridized carbons (Fsp3) is 0.455. The quantitative estimate of drug-likeness (QED) is 0.232. The fourth-order valence-electron chi connectivity index (χ4n) is 8.38. The second-order valence-electron chi connectivity index (χ2n) is 14.3. The molecule has 0 N–H and O–H groups in total. The van der Waals surface area contributed by atoms with Crippen LogP contribution in [0.15, 0.2) is 36.4 Å². The molecule has 0 atom stereocenters. The number of benzene rings is 3. The Kier molecular flexibility index (Phi) is 3.63. The maximum atomic E-state index is 8.96. The molecule has 4 aliphatic rings. The van der Waals surface area contributed by atoms with Gasteiger partial charge in [0, 0.05) is 5.46 Å². The molecule has 0 unspecified atom stereocenters. The highest BCUT2D eigenvalue weighted by Gasteiger charge is 2.48. The highest BCUT2D eigenvalue weighted by Crippen LogP contribution is 2.52. The Morgan fingerprint density at radius 2 is 0.972 bits per heavy atom. The fourth-order valence-corrected chi connectivity index (χ4v) is 8.38. The second-order valence-corrected chi connectivity index (χ2v) is 14.3. The monoisotopic (exact) mass is 478 g/mol. The summed E-state index contributed by atoms with van der Waals surface area (Å²) in [4.78, 5) is 0. The molecule has 2 aliphatic heterocycles. The predicted molar refractivity (Wildman–Crippen MR) is 150 cm³/mol. The third-order valence-corrected chi connectivity index (χ3v) is 9.41. The zero-order chi connectivity index (χ0) is 27.3. The van der Waals surface area contributed by atoms with Crippen LogP contribution in [-0.4, -0.2) is 6.71 Å². The molecule has 184 valence electrons. The summed E-state index contributed by atoms with van der Waals surface area (Å²) >= 11 is 0. The van der Waals surface area contributed by atoms with Gasteiger partial charge >= 0.3 is 0 Å². The number of rotatable bonds is 0. The lowest BCUT2D eigenvalue weighted by Crippen LogP contribution is -2.58. The van der Waals surface area contributed by atoms with Gasteiger partial charge in [0.25, 0.3) is 6.71 Å². The van der Waals surface area contributed by atoms with Gasteiger partial charge in [0.05, 0.1) is 2.74 Å². The van der Waals surface area contributed by atoms with Crippen LogP contribution in [0.2, 0.25) is 0 Å². The van der Waals surface area contributed by atoms with Gasteiger partial charge in [-0.1, -0.05) is 67.5 Å². The minimum Gasteiger partial charge on any atom is -0.458 e. The minimum absolute atomic E-state index is 0.0530. The van der Waals surface area contributed by atoms with Gasteiger partial charge in [0.2, 0.25) is 0 Å². The Bertz CT molecular complexity index is 1500. The molecule has 0 fully saturated rings. The topological polar surface area (TPSA) is 18.5 Å². The van der Waals surface area contributed by atoms with E-state index in [1.54, 1.807) is 0 Å². The van der Waals surface area contributed by atoms with E-state index in [4.69, 9.17) is 12.2 Å². The van der Waals surface area contributed by atoms with Crippen LogP contribution in [0.3, 0.4) is 0 Å². The summed E-state index contributed by atoms with van der Waals surface area (Å²) in [7, 11) is 0. The molecule has 0 radical (unpaired) electrons. The van der Waals surface area contributed by atoms with Gasteiger partial charge in [-0.05, 0) is 104 Å². The standard InChI is InChI=1S/C33H37BO2/c1-18-10-27-29-28(11-18)36-26-15-22-20(31(4,5)17-33(22,8)9)13-24(26)34(29)23-12-19-21(14-25(23)35-27)32(6,7)16-30(19,2)3/h10-15H,16-17H2,1-9H3/i10D,11D. The van der Waals surface area contributed by atoms with Crippen molar-refractivity contribution >= 4 is 23.1 Å². The largest absolute Gasteiger partial charge is 0.458 e. The molecule has 0 amide bonds. The Labute approximate surface area is 219 Å². The van der Waals surface area contributed by atoms with Crippen LogP contribution in [-0.2, 0) is 21.7 Å². The van der Waals surface area contributed by atoms with E-state index in [0.29, 0.717) is 29.1 Å². The molecule has 2 aliphatic carbocycles. The molecule has 0 spiro atoms. The molecule has 3 heteroatoms. The van der Waals surface area contributed by atoms with Crippen LogP contribution in [0.5, 0.6) is 23.0 Å². The number of ether oxygens (including phenoxy) is 2. The number of hydrogen-bond acceptors (Lipinski definition) is 2. The van der Waals surface area contributed by atoms with Crippen LogP contribution in [0, 0.1) is 6.92 Å². The maximum Gasteiger partial charge on any atom is 0.260 e. The second kappa shape index (κ2) is 6.41. The van der Waals surface area contributed by atoms with Crippen LogP contribution < -0.4 is 25.9 Å². The van der Waals surface area contributed by atoms with Gasteiger partial charge in [-0.3, -0.25) is 0 Å². The smallest absolute Gasteiger partial charge is 0.260 e. The first-order valence-corrected chi connectivity index (χ1v) is 13.4. The minimum atomic E-state index is -0.129.